The van der Waals surface area contributed by atoms with Gasteiger partial charge in [-0.1, -0.05) is 23.4 Å². The highest BCUT2D eigenvalue weighted by Gasteiger charge is 2.19. The molecule has 0 aliphatic rings. The van der Waals surface area contributed by atoms with Gasteiger partial charge >= 0.3 is 6.01 Å². The third kappa shape index (κ3) is 4.69. The van der Waals surface area contributed by atoms with Crippen molar-refractivity contribution in [1.29, 1.82) is 0 Å². The third-order valence-electron chi connectivity index (χ3n) is 5.57. The lowest BCUT2D eigenvalue weighted by molar-refractivity contribution is 0.0962. The Hall–Kier alpha value is -5.19. The summed E-state index contributed by atoms with van der Waals surface area (Å²) in [6.45, 7) is 0. The standard InChI is InChI=1S/C26H22N6O5/c1-34-21-12-16(13-22(35-2)23(21)36-3)20-14-18(17-6-4-5-7-19(17)28-20)25(33)30-31-26-29-24(32-37-26)15-8-10-27-11-9-15/h4-14H,1-3H3,(H,30,33)(H,29,31,32). The van der Waals surface area contributed by atoms with Gasteiger partial charge in [-0.2, -0.15) is 4.98 Å². The lowest BCUT2D eigenvalue weighted by atomic mass is 10.0. The zero-order valence-electron chi connectivity index (χ0n) is 20.2. The van der Waals surface area contributed by atoms with Crippen LogP contribution in [0.25, 0.3) is 33.5 Å². The van der Waals surface area contributed by atoms with Gasteiger partial charge in [0.1, 0.15) is 0 Å². The van der Waals surface area contributed by atoms with Gasteiger partial charge in [-0.25, -0.2) is 10.4 Å². The quantitative estimate of drug-likeness (QED) is 0.301. The molecule has 2 aromatic carbocycles. The van der Waals surface area contributed by atoms with Crippen LogP contribution in [0.15, 0.2) is 71.5 Å². The van der Waals surface area contributed by atoms with Crippen LogP contribution in [-0.4, -0.2) is 47.3 Å². The maximum absolute atomic E-state index is 13.3. The largest absolute Gasteiger partial charge is 0.493 e. The van der Waals surface area contributed by atoms with E-state index in [9.17, 15) is 4.79 Å². The van der Waals surface area contributed by atoms with Crippen molar-refractivity contribution in [1.82, 2.24) is 25.5 Å². The average molecular weight is 498 g/mol. The number of methoxy groups -OCH3 is 3. The number of pyridine rings is 2. The molecule has 0 aliphatic heterocycles. The summed E-state index contributed by atoms with van der Waals surface area (Å²) in [4.78, 5) is 26.2. The fourth-order valence-corrected chi connectivity index (χ4v) is 3.81. The van der Waals surface area contributed by atoms with Crippen LogP contribution in [-0.2, 0) is 0 Å². The summed E-state index contributed by atoms with van der Waals surface area (Å²) < 4.78 is 21.6. The van der Waals surface area contributed by atoms with Crippen molar-refractivity contribution >= 4 is 22.8 Å². The van der Waals surface area contributed by atoms with Crippen LogP contribution in [0.1, 0.15) is 10.4 Å². The van der Waals surface area contributed by atoms with Crippen molar-refractivity contribution in [3.63, 3.8) is 0 Å². The summed E-state index contributed by atoms with van der Waals surface area (Å²) in [5, 5.41) is 4.58. The maximum Gasteiger partial charge on any atom is 0.340 e. The molecule has 186 valence electrons. The Morgan fingerprint density at radius 3 is 2.30 bits per heavy atom. The zero-order chi connectivity index (χ0) is 25.8. The van der Waals surface area contributed by atoms with Gasteiger partial charge in [0, 0.05) is 28.9 Å². The second kappa shape index (κ2) is 10.2. The van der Waals surface area contributed by atoms with Crippen LogP contribution in [0.4, 0.5) is 6.01 Å². The van der Waals surface area contributed by atoms with Gasteiger partial charge in [0.15, 0.2) is 11.5 Å². The Kier molecular flexibility index (Phi) is 6.49. The first kappa shape index (κ1) is 23.5. The van der Waals surface area contributed by atoms with E-state index in [-0.39, 0.29) is 6.01 Å². The van der Waals surface area contributed by atoms with E-state index in [1.165, 1.54) is 21.3 Å². The van der Waals surface area contributed by atoms with Crippen LogP contribution in [0.5, 0.6) is 17.2 Å². The number of benzene rings is 2. The number of nitrogens with zero attached hydrogens (tertiary/aromatic N) is 4. The summed E-state index contributed by atoms with van der Waals surface area (Å²) in [6, 6.07) is 16.1. The molecule has 0 aliphatic carbocycles. The minimum atomic E-state index is -0.420. The van der Waals surface area contributed by atoms with Crippen LogP contribution in [0.2, 0.25) is 0 Å². The number of anilines is 1. The predicted molar refractivity (Wildman–Crippen MR) is 135 cm³/mol. The summed E-state index contributed by atoms with van der Waals surface area (Å²) in [7, 11) is 4.61. The Balaban J connectivity index is 1.47. The van der Waals surface area contributed by atoms with Crippen LogP contribution < -0.4 is 25.1 Å². The first-order valence-electron chi connectivity index (χ1n) is 11.1. The number of ether oxygens (including phenoxy) is 3. The van der Waals surface area contributed by atoms with E-state index in [1.54, 1.807) is 42.7 Å². The lowest BCUT2D eigenvalue weighted by Gasteiger charge is -2.15. The normalized spacial score (nSPS) is 10.7. The van der Waals surface area contributed by atoms with Crippen molar-refractivity contribution in [3.8, 4) is 39.9 Å². The van der Waals surface area contributed by atoms with Crippen molar-refractivity contribution in [2.24, 2.45) is 0 Å². The molecule has 11 heteroatoms. The molecule has 37 heavy (non-hydrogen) atoms. The van der Waals surface area contributed by atoms with Gasteiger partial charge in [-0.05, 0) is 36.4 Å². The number of rotatable bonds is 8. The Bertz CT molecular complexity index is 1550. The number of para-hydroxylation sites is 1. The second-order valence-electron chi connectivity index (χ2n) is 7.72. The molecule has 0 bridgehead atoms. The topological polar surface area (TPSA) is 134 Å². The lowest BCUT2D eigenvalue weighted by Crippen LogP contribution is -2.29. The number of carbonyl (C=O) groups is 1. The number of hydrogen-bond donors (Lipinski definition) is 2. The summed E-state index contributed by atoms with van der Waals surface area (Å²) >= 11 is 0. The van der Waals surface area contributed by atoms with E-state index >= 15 is 0 Å². The van der Waals surface area contributed by atoms with Crippen molar-refractivity contribution in [2.75, 3.05) is 26.8 Å². The third-order valence-corrected chi connectivity index (χ3v) is 5.57. The number of hydrazine groups is 1. The molecule has 3 heterocycles. The van der Waals surface area contributed by atoms with Gasteiger partial charge in [0.25, 0.3) is 5.91 Å². The van der Waals surface area contributed by atoms with Crippen molar-refractivity contribution < 1.29 is 23.5 Å². The highest BCUT2D eigenvalue weighted by Crippen LogP contribution is 2.41. The number of hydrogen-bond acceptors (Lipinski definition) is 10. The van der Waals surface area contributed by atoms with Gasteiger partial charge < -0.3 is 18.7 Å². The fourth-order valence-electron chi connectivity index (χ4n) is 3.81. The monoisotopic (exact) mass is 498 g/mol. The molecule has 3 aromatic heterocycles. The second-order valence-corrected chi connectivity index (χ2v) is 7.72. The molecule has 1 amide bonds. The number of nitrogens with one attached hydrogen (secondary N) is 2. The van der Waals surface area contributed by atoms with E-state index in [0.29, 0.717) is 50.8 Å². The van der Waals surface area contributed by atoms with Crippen molar-refractivity contribution in [2.45, 2.75) is 0 Å². The molecule has 0 saturated heterocycles. The van der Waals surface area contributed by atoms with Crippen LogP contribution in [0, 0.1) is 0 Å². The number of amides is 1. The zero-order valence-corrected chi connectivity index (χ0v) is 20.2. The maximum atomic E-state index is 13.3. The molecule has 0 atom stereocenters. The molecule has 0 radical (unpaired) electrons. The summed E-state index contributed by atoms with van der Waals surface area (Å²) in [5.41, 5.74) is 8.27. The Labute approximate surface area is 211 Å². The van der Waals surface area contributed by atoms with Crippen molar-refractivity contribution in [3.05, 3.63) is 72.6 Å². The highest BCUT2D eigenvalue weighted by molar-refractivity contribution is 6.07. The molecule has 0 unspecified atom stereocenters. The molecule has 11 nitrogen and oxygen atoms in total. The van der Waals surface area contributed by atoms with Gasteiger partial charge in [0.05, 0.1) is 38.1 Å². The van der Waals surface area contributed by atoms with E-state index in [4.69, 9.17) is 23.7 Å². The van der Waals surface area contributed by atoms with E-state index in [2.05, 4.69) is 26.0 Å². The molecule has 0 fully saturated rings. The first-order chi connectivity index (χ1) is 18.1. The van der Waals surface area contributed by atoms with Crippen LogP contribution >= 0.6 is 0 Å². The predicted octanol–water partition coefficient (Wildman–Crippen LogP) is 4.13. The Morgan fingerprint density at radius 1 is 0.865 bits per heavy atom. The minimum absolute atomic E-state index is 0.0309. The van der Waals surface area contributed by atoms with Crippen LogP contribution in [0.3, 0.4) is 0 Å². The number of aromatic nitrogens is 4. The molecule has 2 N–H and O–H groups in total. The molecule has 0 saturated carbocycles. The highest BCUT2D eigenvalue weighted by atomic mass is 16.5. The van der Waals surface area contributed by atoms with E-state index in [1.807, 2.05) is 24.3 Å². The van der Waals surface area contributed by atoms with Gasteiger partial charge in [0.2, 0.25) is 11.6 Å². The molecule has 0 spiro atoms. The number of carbonyl (C=O) groups excluding carboxylic acids is 1. The smallest absolute Gasteiger partial charge is 0.340 e. The molecule has 5 aromatic rings. The van der Waals surface area contributed by atoms with E-state index < -0.39 is 5.91 Å². The first-order valence-corrected chi connectivity index (χ1v) is 11.1. The number of fused-ring (bicyclic) bond motifs is 1. The van der Waals surface area contributed by atoms with E-state index in [0.717, 1.165) is 5.56 Å². The minimum Gasteiger partial charge on any atom is -0.493 e. The SMILES string of the molecule is COc1cc(-c2cc(C(=O)NNc3nc(-c4ccncc4)no3)c3ccccc3n2)cc(OC)c1OC. The average Bonchev–Trinajstić information content (AvgIpc) is 3.44. The molecular formula is C26H22N6O5. The summed E-state index contributed by atoms with van der Waals surface area (Å²) in [6.07, 6.45) is 3.25. The summed E-state index contributed by atoms with van der Waals surface area (Å²) in [5.74, 6) is 1.35. The van der Waals surface area contributed by atoms with Gasteiger partial charge in [-0.3, -0.25) is 15.2 Å². The Morgan fingerprint density at radius 2 is 1.59 bits per heavy atom. The molecule has 5 rings (SSSR count). The molecular weight excluding hydrogens is 476 g/mol. The van der Waals surface area contributed by atoms with Gasteiger partial charge in [-0.15, -0.1) is 0 Å². The fraction of sp³-hybridized carbons (Fsp3) is 0.115.